The maximum absolute atomic E-state index is 11.5. The Balaban J connectivity index is 2.71. The lowest BCUT2D eigenvalue weighted by atomic mass is 10.1. The van der Waals surface area contributed by atoms with Crippen LogP contribution in [0.1, 0.15) is 12.5 Å². The van der Waals surface area contributed by atoms with E-state index in [1.54, 1.807) is 11.4 Å². The number of para-hydroxylation sites is 1. The quantitative estimate of drug-likeness (QED) is 0.355. The molecular formula is C13H13N3O6. The monoisotopic (exact) mass is 307 g/mol. The summed E-state index contributed by atoms with van der Waals surface area (Å²) in [7, 11) is 0. The van der Waals surface area contributed by atoms with Crippen molar-refractivity contribution in [2.24, 2.45) is 5.73 Å². The third-order valence-electron chi connectivity index (χ3n) is 2.44. The van der Waals surface area contributed by atoms with Gasteiger partial charge in [0.15, 0.2) is 6.10 Å². The zero-order valence-corrected chi connectivity index (χ0v) is 11.5. The van der Waals surface area contributed by atoms with Gasteiger partial charge in [0.25, 0.3) is 11.6 Å². The van der Waals surface area contributed by atoms with E-state index in [4.69, 9.17) is 10.5 Å². The highest BCUT2D eigenvalue weighted by Gasteiger charge is 2.18. The molecule has 22 heavy (non-hydrogen) atoms. The molecule has 1 aromatic carbocycles. The Morgan fingerprint density at radius 3 is 2.59 bits per heavy atom. The fourth-order valence-corrected chi connectivity index (χ4v) is 1.44. The van der Waals surface area contributed by atoms with E-state index in [9.17, 15) is 24.5 Å². The van der Waals surface area contributed by atoms with Crippen molar-refractivity contribution >= 4 is 29.7 Å². The van der Waals surface area contributed by atoms with Crippen LogP contribution in [0.3, 0.4) is 0 Å². The summed E-state index contributed by atoms with van der Waals surface area (Å²) in [5.41, 5.74) is 4.78. The van der Waals surface area contributed by atoms with E-state index in [1.165, 1.54) is 31.2 Å². The molecule has 1 aromatic rings. The van der Waals surface area contributed by atoms with Crippen LogP contribution in [-0.4, -0.2) is 28.9 Å². The number of carbonyl (C=O) groups is 3. The van der Waals surface area contributed by atoms with E-state index in [2.05, 4.69) is 0 Å². The zero-order valence-electron chi connectivity index (χ0n) is 11.5. The van der Waals surface area contributed by atoms with Gasteiger partial charge in [-0.05, 0) is 19.1 Å². The van der Waals surface area contributed by atoms with Gasteiger partial charge in [-0.1, -0.05) is 12.1 Å². The number of urea groups is 1. The van der Waals surface area contributed by atoms with Crippen molar-refractivity contribution in [3.05, 3.63) is 46.0 Å². The fraction of sp³-hybridized carbons (Fsp3) is 0.154. The van der Waals surface area contributed by atoms with Gasteiger partial charge < -0.3 is 10.5 Å². The van der Waals surface area contributed by atoms with Crippen molar-refractivity contribution in [3.8, 4) is 0 Å². The number of esters is 1. The summed E-state index contributed by atoms with van der Waals surface area (Å²) in [5, 5.41) is 12.6. The number of benzene rings is 1. The van der Waals surface area contributed by atoms with Crippen LogP contribution in [0.2, 0.25) is 0 Å². The summed E-state index contributed by atoms with van der Waals surface area (Å²) in [6, 6.07) is 4.73. The van der Waals surface area contributed by atoms with Crippen LogP contribution in [0, 0.1) is 10.1 Å². The van der Waals surface area contributed by atoms with Crippen LogP contribution in [0.4, 0.5) is 10.5 Å². The van der Waals surface area contributed by atoms with E-state index < -0.39 is 28.9 Å². The minimum absolute atomic E-state index is 0.175. The van der Waals surface area contributed by atoms with Gasteiger partial charge in [-0.25, -0.2) is 9.59 Å². The second kappa shape index (κ2) is 7.53. The van der Waals surface area contributed by atoms with Crippen molar-refractivity contribution in [2.75, 3.05) is 0 Å². The van der Waals surface area contributed by atoms with Crippen molar-refractivity contribution in [1.29, 1.82) is 0 Å². The lowest BCUT2D eigenvalue weighted by Gasteiger charge is -2.10. The molecule has 1 atom stereocenters. The predicted octanol–water partition coefficient (Wildman–Crippen LogP) is 0.735. The van der Waals surface area contributed by atoms with Crippen LogP contribution in [-0.2, 0) is 14.3 Å². The van der Waals surface area contributed by atoms with Gasteiger partial charge in [0, 0.05) is 12.1 Å². The Morgan fingerprint density at radius 1 is 1.36 bits per heavy atom. The topological polar surface area (TPSA) is 142 Å². The van der Waals surface area contributed by atoms with E-state index in [0.717, 1.165) is 6.08 Å². The van der Waals surface area contributed by atoms with E-state index >= 15 is 0 Å². The number of hydrogen-bond donors (Lipinski definition) is 2. The molecule has 9 heteroatoms. The number of amides is 3. The molecule has 9 nitrogen and oxygen atoms in total. The molecule has 0 aliphatic carbocycles. The first-order valence-electron chi connectivity index (χ1n) is 6.03. The van der Waals surface area contributed by atoms with E-state index in [-0.39, 0.29) is 11.3 Å². The smallest absolute Gasteiger partial charge is 0.331 e. The van der Waals surface area contributed by atoms with Crippen LogP contribution in [0.25, 0.3) is 6.08 Å². The Kier molecular flexibility index (Phi) is 5.75. The largest absolute Gasteiger partial charge is 0.449 e. The first kappa shape index (κ1) is 16.8. The molecule has 0 saturated heterocycles. The number of nitrogens with zero attached hydrogens (tertiary/aromatic N) is 1. The summed E-state index contributed by atoms with van der Waals surface area (Å²) in [6.07, 6.45) is 0.894. The average molecular weight is 307 g/mol. The Morgan fingerprint density at radius 2 is 2.00 bits per heavy atom. The number of imide groups is 1. The number of rotatable bonds is 5. The number of nitrogens with two attached hydrogens (primary N) is 1. The van der Waals surface area contributed by atoms with Crippen molar-refractivity contribution in [3.63, 3.8) is 0 Å². The lowest BCUT2D eigenvalue weighted by Crippen LogP contribution is -2.42. The number of hydrogen-bond acceptors (Lipinski definition) is 6. The fourth-order valence-electron chi connectivity index (χ4n) is 1.44. The van der Waals surface area contributed by atoms with Gasteiger partial charge >= 0.3 is 12.0 Å². The van der Waals surface area contributed by atoms with Crippen molar-refractivity contribution in [2.45, 2.75) is 13.0 Å². The Bertz CT molecular complexity index is 640. The van der Waals surface area contributed by atoms with Crippen molar-refractivity contribution in [1.82, 2.24) is 5.32 Å². The molecule has 0 spiro atoms. The summed E-state index contributed by atoms with van der Waals surface area (Å²) in [6.45, 7) is 1.25. The molecule has 0 aliphatic rings. The van der Waals surface area contributed by atoms with Crippen LogP contribution < -0.4 is 11.1 Å². The molecule has 0 fully saturated rings. The number of ether oxygens (including phenoxy) is 1. The molecule has 0 saturated carbocycles. The average Bonchev–Trinajstić information content (AvgIpc) is 2.44. The van der Waals surface area contributed by atoms with Crippen LogP contribution in [0.5, 0.6) is 0 Å². The molecule has 1 rings (SSSR count). The molecule has 3 amide bonds. The third kappa shape index (κ3) is 5.04. The number of carbonyl (C=O) groups excluding carboxylic acids is 3. The third-order valence-corrected chi connectivity index (χ3v) is 2.44. The number of nitro groups is 1. The van der Waals surface area contributed by atoms with Gasteiger partial charge in [0.1, 0.15) is 0 Å². The lowest BCUT2D eigenvalue weighted by molar-refractivity contribution is -0.385. The van der Waals surface area contributed by atoms with Crippen molar-refractivity contribution < 1.29 is 24.0 Å². The second-order valence-corrected chi connectivity index (χ2v) is 4.08. The Labute approximate surface area is 124 Å². The molecule has 0 aromatic heterocycles. The second-order valence-electron chi connectivity index (χ2n) is 4.08. The maximum atomic E-state index is 11.5. The SMILES string of the molecule is CC(OC(=O)/C=C/c1ccccc1[N+](=O)[O-])C(=O)NC(N)=O. The molecule has 0 radical (unpaired) electrons. The van der Waals surface area contributed by atoms with Crippen LogP contribution >= 0.6 is 0 Å². The highest BCUT2D eigenvalue weighted by atomic mass is 16.6. The summed E-state index contributed by atoms with van der Waals surface area (Å²) >= 11 is 0. The van der Waals surface area contributed by atoms with Gasteiger partial charge in [0.05, 0.1) is 10.5 Å². The Hall–Kier alpha value is -3.23. The summed E-state index contributed by atoms with van der Waals surface area (Å²) < 4.78 is 4.72. The first-order chi connectivity index (χ1) is 10.3. The summed E-state index contributed by atoms with van der Waals surface area (Å²) in [5.74, 6) is -1.77. The van der Waals surface area contributed by atoms with Gasteiger partial charge in [-0.2, -0.15) is 0 Å². The van der Waals surface area contributed by atoms with Crippen LogP contribution in [0.15, 0.2) is 30.3 Å². The summed E-state index contributed by atoms with van der Waals surface area (Å²) in [4.78, 5) is 43.5. The normalized spacial score (nSPS) is 11.7. The van der Waals surface area contributed by atoms with Gasteiger partial charge in [0.2, 0.25) is 0 Å². The standard InChI is InChI=1S/C13H13N3O6/c1-8(12(18)15-13(14)19)22-11(17)7-6-9-4-2-3-5-10(9)16(20)21/h2-8H,1H3,(H3,14,15,18,19)/b7-6+. The predicted molar refractivity (Wildman–Crippen MR) is 75.4 cm³/mol. The minimum atomic E-state index is -1.24. The highest BCUT2D eigenvalue weighted by molar-refractivity contribution is 5.97. The molecule has 0 heterocycles. The molecule has 0 bridgehead atoms. The molecular weight excluding hydrogens is 294 g/mol. The zero-order chi connectivity index (χ0) is 16.7. The minimum Gasteiger partial charge on any atom is -0.449 e. The number of nitrogens with one attached hydrogen (secondary N) is 1. The van der Waals surface area contributed by atoms with Gasteiger partial charge in [-0.15, -0.1) is 0 Å². The van der Waals surface area contributed by atoms with E-state index in [0.29, 0.717) is 0 Å². The van der Waals surface area contributed by atoms with E-state index in [1.807, 2.05) is 0 Å². The number of nitro benzene ring substituents is 1. The molecule has 3 N–H and O–H groups in total. The number of primary amides is 1. The maximum Gasteiger partial charge on any atom is 0.331 e. The van der Waals surface area contributed by atoms with Gasteiger partial charge in [-0.3, -0.25) is 20.2 Å². The highest BCUT2D eigenvalue weighted by Crippen LogP contribution is 2.18. The molecule has 116 valence electrons. The molecule has 0 aliphatic heterocycles. The molecule has 1 unspecified atom stereocenters. The first-order valence-corrected chi connectivity index (χ1v) is 6.03.